The lowest BCUT2D eigenvalue weighted by Gasteiger charge is -2.38. The summed E-state index contributed by atoms with van der Waals surface area (Å²) in [7, 11) is 0. The Morgan fingerprint density at radius 2 is 1.84 bits per heavy atom. The van der Waals surface area contributed by atoms with Crippen molar-refractivity contribution in [1.82, 2.24) is 20.2 Å². The molecule has 5 aliphatic heterocycles. The van der Waals surface area contributed by atoms with E-state index in [9.17, 15) is 9.50 Å². The Kier molecular flexibility index (Phi) is 6.64. The summed E-state index contributed by atoms with van der Waals surface area (Å²) < 4.78 is 36.7. The van der Waals surface area contributed by atoms with Crippen molar-refractivity contribution in [2.75, 3.05) is 42.6 Å². The van der Waals surface area contributed by atoms with Gasteiger partial charge in [0.1, 0.15) is 30.2 Å². The number of aromatic hydroxyl groups is 1. The van der Waals surface area contributed by atoms with Crippen LogP contribution in [0.1, 0.15) is 62.6 Å². The van der Waals surface area contributed by atoms with Gasteiger partial charge in [0.05, 0.1) is 23.5 Å². The second-order valence-electron chi connectivity index (χ2n) is 14.6. The second-order valence-corrected chi connectivity index (χ2v) is 14.6. The van der Waals surface area contributed by atoms with E-state index in [2.05, 4.69) is 20.0 Å². The summed E-state index contributed by atoms with van der Waals surface area (Å²) in [6.45, 7) is 3.83. The van der Waals surface area contributed by atoms with Crippen molar-refractivity contribution in [2.24, 2.45) is 5.92 Å². The highest BCUT2D eigenvalue weighted by molar-refractivity contribution is 5.96. The smallest absolute Gasteiger partial charge is 0.318 e. The number of piperazine rings is 1. The van der Waals surface area contributed by atoms with Crippen LogP contribution in [0.25, 0.3) is 10.8 Å². The topological polar surface area (TPSA) is 77.0 Å². The van der Waals surface area contributed by atoms with Gasteiger partial charge in [-0.2, -0.15) is 9.97 Å². The van der Waals surface area contributed by atoms with Gasteiger partial charge in [-0.1, -0.05) is 25.0 Å². The van der Waals surface area contributed by atoms with Gasteiger partial charge in [0, 0.05) is 67.7 Å². The highest BCUT2D eigenvalue weighted by atomic mass is 19.1. The van der Waals surface area contributed by atoms with E-state index in [1.807, 2.05) is 6.07 Å². The van der Waals surface area contributed by atoms with Gasteiger partial charge in [-0.3, -0.25) is 4.90 Å². The number of ether oxygens (including phenoxy) is 1. The Morgan fingerprint density at radius 1 is 1.00 bits per heavy atom. The molecule has 4 saturated heterocycles. The lowest BCUT2D eigenvalue weighted by atomic mass is 9.81. The Hall–Kier alpha value is -3.24. The summed E-state index contributed by atoms with van der Waals surface area (Å²) in [5.41, 5.74) is 2.38. The van der Waals surface area contributed by atoms with Crippen molar-refractivity contribution in [3.8, 4) is 11.8 Å². The van der Waals surface area contributed by atoms with E-state index >= 15 is 4.39 Å². The molecule has 9 rings (SSSR count). The standard InChI is InChI=1S/C35H42F2N6O2/c36-23-15-35(14-22-4-1-2-7-30(22)43(35)16-23)20-45-34-39-29-19-41(31-13-26(44)12-21-5-3-6-28(37)32(21)31)11-10-27(29)33(40-34)42-17-24-8-9-25(18-42)38-24/h3,5-6,12-13,22-25,30,38,44H,1-2,4,7-11,14-20H2/t22-,23+,24?,25?,30-,35-/m0/s1. The maximum absolute atomic E-state index is 15.2. The molecular formula is C35H42F2N6O2. The number of phenolic OH excluding ortho intramolecular Hbond substituents is 1. The van der Waals surface area contributed by atoms with E-state index in [0.717, 1.165) is 43.0 Å². The normalized spacial score (nSPS) is 32.5. The number of phenols is 1. The first-order chi connectivity index (χ1) is 21.9. The van der Waals surface area contributed by atoms with E-state index in [1.165, 1.54) is 38.2 Å². The molecule has 3 aromatic rings. The summed E-state index contributed by atoms with van der Waals surface area (Å²) in [5.74, 6) is 1.38. The van der Waals surface area contributed by atoms with E-state index in [0.29, 0.717) is 85.6 Å². The Labute approximate surface area is 262 Å². The van der Waals surface area contributed by atoms with Crippen LogP contribution < -0.4 is 19.9 Å². The number of hydrogen-bond acceptors (Lipinski definition) is 8. The number of nitrogens with one attached hydrogen (secondary N) is 1. The second kappa shape index (κ2) is 10.7. The van der Waals surface area contributed by atoms with E-state index in [4.69, 9.17) is 14.7 Å². The fraction of sp³-hybridized carbons (Fsp3) is 0.600. The van der Waals surface area contributed by atoms with Crippen LogP contribution in [-0.2, 0) is 13.0 Å². The summed E-state index contributed by atoms with van der Waals surface area (Å²) in [5, 5.41) is 15.5. The van der Waals surface area contributed by atoms with Gasteiger partial charge in [-0.05, 0) is 62.0 Å². The van der Waals surface area contributed by atoms with Gasteiger partial charge in [0.15, 0.2) is 0 Å². The van der Waals surface area contributed by atoms with Crippen LogP contribution in [0, 0.1) is 11.7 Å². The van der Waals surface area contributed by atoms with Crippen molar-refractivity contribution in [1.29, 1.82) is 0 Å². The average Bonchev–Trinajstić information content (AvgIpc) is 3.65. The van der Waals surface area contributed by atoms with Gasteiger partial charge in [0.2, 0.25) is 0 Å². The molecule has 2 bridgehead atoms. The zero-order valence-corrected chi connectivity index (χ0v) is 25.7. The van der Waals surface area contributed by atoms with Crippen LogP contribution in [0.4, 0.5) is 20.3 Å². The number of anilines is 2. The first kappa shape index (κ1) is 28.0. The van der Waals surface area contributed by atoms with E-state index in [-0.39, 0.29) is 17.1 Å². The SMILES string of the molecule is Oc1cc(N2CCc3c(nc(OC[C@]45C[C@@H](F)CN4[C@H]4CCCC[C@H]4C5)nc3N3CC4CCC(C3)N4)C2)c2c(F)cccc2c1. The summed E-state index contributed by atoms with van der Waals surface area (Å²) in [6.07, 6.45) is 8.62. The number of fused-ring (bicyclic) bond motifs is 7. The van der Waals surface area contributed by atoms with Crippen molar-refractivity contribution < 1.29 is 18.6 Å². The molecule has 2 N–H and O–H groups in total. The molecule has 2 aromatic carbocycles. The number of hydrogen-bond donors (Lipinski definition) is 2. The molecule has 2 unspecified atom stereocenters. The number of nitrogens with zero attached hydrogens (tertiary/aromatic N) is 5. The molecule has 238 valence electrons. The summed E-state index contributed by atoms with van der Waals surface area (Å²) in [6, 6.07) is 9.97. The van der Waals surface area contributed by atoms with Gasteiger partial charge < -0.3 is 25.0 Å². The maximum atomic E-state index is 15.2. The minimum Gasteiger partial charge on any atom is -0.508 e. The van der Waals surface area contributed by atoms with Gasteiger partial charge >= 0.3 is 6.01 Å². The Balaban J connectivity index is 1.06. The van der Waals surface area contributed by atoms with Crippen molar-refractivity contribution in [3.05, 3.63) is 47.4 Å². The number of aromatic nitrogens is 2. The molecular weight excluding hydrogens is 574 g/mol. The zero-order valence-electron chi connectivity index (χ0n) is 25.7. The molecule has 1 aromatic heterocycles. The largest absolute Gasteiger partial charge is 0.508 e. The molecule has 1 aliphatic carbocycles. The van der Waals surface area contributed by atoms with E-state index in [1.54, 1.807) is 18.2 Å². The Bertz CT molecular complexity index is 1630. The first-order valence-corrected chi connectivity index (χ1v) is 17.0. The van der Waals surface area contributed by atoms with Gasteiger partial charge in [0.25, 0.3) is 0 Å². The molecule has 1 saturated carbocycles. The van der Waals surface area contributed by atoms with Crippen LogP contribution in [0.15, 0.2) is 30.3 Å². The Morgan fingerprint density at radius 3 is 2.71 bits per heavy atom. The maximum Gasteiger partial charge on any atom is 0.318 e. The van der Waals surface area contributed by atoms with Crippen molar-refractivity contribution in [2.45, 2.75) is 94.2 Å². The lowest BCUT2D eigenvalue weighted by molar-refractivity contribution is 0.0772. The average molecular weight is 617 g/mol. The third kappa shape index (κ3) is 4.73. The number of halogens is 2. The minimum absolute atomic E-state index is 0.112. The predicted molar refractivity (Wildman–Crippen MR) is 169 cm³/mol. The van der Waals surface area contributed by atoms with Crippen LogP contribution in [0.2, 0.25) is 0 Å². The molecule has 8 nitrogen and oxygen atoms in total. The predicted octanol–water partition coefficient (Wildman–Crippen LogP) is 5.10. The van der Waals surface area contributed by atoms with Crippen LogP contribution >= 0.6 is 0 Å². The summed E-state index contributed by atoms with van der Waals surface area (Å²) in [4.78, 5) is 17.1. The zero-order chi connectivity index (χ0) is 30.3. The minimum atomic E-state index is -0.820. The molecule has 45 heavy (non-hydrogen) atoms. The third-order valence-corrected chi connectivity index (χ3v) is 11.8. The van der Waals surface area contributed by atoms with Crippen molar-refractivity contribution in [3.63, 3.8) is 0 Å². The molecule has 0 amide bonds. The number of rotatable bonds is 5. The van der Waals surface area contributed by atoms with Gasteiger partial charge in [-0.15, -0.1) is 0 Å². The summed E-state index contributed by atoms with van der Waals surface area (Å²) >= 11 is 0. The number of benzene rings is 2. The molecule has 10 heteroatoms. The van der Waals surface area contributed by atoms with Gasteiger partial charge in [-0.25, -0.2) is 8.78 Å². The van der Waals surface area contributed by atoms with Crippen LogP contribution in [0.3, 0.4) is 0 Å². The monoisotopic (exact) mass is 616 g/mol. The molecule has 0 spiro atoms. The molecule has 6 aliphatic rings. The quantitative estimate of drug-likeness (QED) is 0.410. The highest BCUT2D eigenvalue weighted by Gasteiger charge is 2.57. The van der Waals surface area contributed by atoms with Crippen LogP contribution in [-0.4, -0.2) is 82.6 Å². The molecule has 0 radical (unpaired) electrons. The first-order valence-electron chi connectivity index (χ1n) is 17.0. The highest BCUT2D eigenvalue weighted by Crippen LogP contribution is 2.51. The van der Waals surface area contributed by atoms with E-state index < -0.39 is 6.17 Å². The molecule has 6 heterocycles. The molecule has 6 atom stereocenters. The molecule has 5 fully saturated rings. The third-order valence-electron chi connectivity index (χ3n) is 11.8. The fourth-order valence-electron chi connectivity index (χ4n) is 9.90. The van der Waals surface area contributed by atoms with Crippen LogP contribution in [0.5, 0.6) is 11.8 Å². The fourth-order valence-corrected chi connectivity index (χ4v) is 9.90. The lowest BCUT2D eigenvalue weighted by Crippen LogP contribution is -2.52. The van der Waals surface area contributed by atoms with Crippen molar-refractivity contribution >= 4 is 22.3 Å². The number of alkyl halides is 1.